The maximum absolute atomic E-state index is 4.09. The molecule has 0 radical (unpaired) electrons. The van der Waals surface area contributed by atoms with Gasteiger partial charge in [0.05, 0.1) is 5.69 Å². The van der Waals surface area contributed by atoms with Gasteiger partial charge in [0.1, 0.15) is 0 Å². The Hall–Kier alpha value is -1.30. The summed E-state index contributed by atoms with van der Waals surface area (Å²) < 4.78 is 1.90. The third-order valence-electron chi connectivity index (χ3n) is 1.82. The highest BCUT2D eigenvalue weighted by Gasteiger charge is 2.01. The zero-order valence-corrected chi connectivity index (χ0v) is 11.1. The Bertz CT molecular complexity index is 328. The summed E-state index contributed by atoms with van der Waals surface area (Å²) in [7, 11) is 0. The van der Waals surface area contributed by atoms with E-state index in [-0.39, 0.29) is 0 Å². The zero-order chi connectivity index (χ0) is 12.4. The van der Waals surface area contributed by atoms with E-state index in [2.05, 4.69) is 36.0 Å². The van der Waals surface area contributed by atoms with Gasteiger partial charge in [-0.1, -0.05) is 32.9 Å². The first kappa shape index (κ1) is 14.7. The smallest absolute Gasteiger partial charge is 0.0836 e. The molecule has 0 spiro atoms. The summed E-state index contributed by atoms with van der Waals surface area (Å²) in [5.74, 6) is 6.50. The number of nitrogens with zero attached hydrogens (tertiary/aromatic N) is 3. The maximum atomic E-state index is 4.09. The summed E-state index contributed by atoms with van der Waals surface area (Å²) in [4.78, 5) is 0. The molecule has 0 amide bonds. The van der Waals surface area contributed by atoms with Crippen molar-refractivity contribution in [2.45, 2.75) is 54.0 Å². The molecule has 3 nitrogen and oxygen atoms in total. The van der Waals surface area contributed by atoms with E-state index >= 15 is 0 Å². The number of rotatable bonds is 4. The standard InChI is InChI=1S/C11H17N3.C2H6/c1-4-5-6-7-11-9-14(13-12-11)8-10(2)3;1-2/h9-10H,6-8H2,1-3H3;1-2H3. The molecule has 90 valence electrons. The van der Waals surface area contributed by atoms with E-state index in [0.29, 0.717) is 5.92 Å². The molecule has 1 aromatic rings. The van der Waals surface area contributed by atoms with Crippen molar-refractivity contribution in [3.63, 3.8) is 0 Å². The molecule has 1 rings (SSSR count). The SMILES string of the molecule is CC.CC#CCCc1cn(CC(C)C)nn1. The highest BCUT2D eigenvalue weighted by molar-refractivity contribution is 5.01. The zero-order valence-electron chi connectivity index (χ0n) is 11.1. The Morgan fingerprint density at radius 1 is 1.38 bits per heavy atom. The van der Waals surface area contributed by atoms with Gasteiger partial charge in [-0.05, 0) is 12.8 Å². The van der Waals surface area contributed by atoms with Crippen LogP contribution in [0, 0.1) is 17.8 Å². The summed E-state index contributed by atoms with van der Waals surface area (Å²) in [6, 6.07) is 0. The van der Waals surface area contributed by atoms with Crippen LogP contribution in [0.1, 0.15) is 46.7 Å². The van der Waals surface area contributed by atoms with E-state index in [4.69, 9.17) is 0 Å². The molecule has 0 atom stereocenters. The van der Waals surface area contributed by atoms with E-state index in [1.54, 1.807) is 0 Å². The molecule has 0 aliphatic rings. The van der Waals surface area contributed by atoms with Gasteiger partial charge in [-0.3, -0.25) is 4.68 Å². The summed E-state index contributed by atoms with van der Waals surface area (Å²) in [6.07, 6.45) is 3.78. The van der Waals surface area contributed by atoms with Crippen LogP contribution in [-0.4, -0.2) is 15.0 Å². The Morgan fingerprint density at radius 2 is 2.06 bits per heavy atom. The van der Waals surface area contributed by atoms with E-state index in [1.807, 2.05) is 31.6 Å². The van der Waals surface area contributed by atoms with Gasteiger partial charge in [0.25, 0.3) is 0 Å². The second kappa shape index (κ2) is 8.96. The van der Waals surface area contributed by atoms with Gasteiger partial charge in [0, 0.05) is 25.6 Å². The largest absolute Gasteiger partial charge is 0.252 e. The Kier molecular flexibility index (Phi) is 8.24. The minimum Gasteiger partial charge on any atom is -0.252 e. The topological polar surface area (TPSA) is 30.7 Å². The summed E-state index contributed by atoms with van der Waals surface area (Å²) in [5, 5.41) is 8.14. The molecule has 0 aliphatic heterocycles. The molecular weight excluding hydrogens is 198 g/mol. The van der Waals surface area contributed by atoms with E-state index in [1.165, 1.54) is 0 Å². The first-order valence-corrected chi connectivity index (χ1v) is 6.01. The highest BCUT2D eigenvalue weighted by atomic mass is 15.4. The van der Waals surface area contributed by atoms with Crippen LogP contribution < -0.4 is 0 Å². The molecule has 0 aliphatic carbocycles. The molecule has 0 saturated heterocycles. The average Bonchev–Trinajstić information content (AvgIpc) is 2.68. The van der Waals surface area contributed by atoms with Crippen LogP contribution in [-0.2, 0) is 13.0 Å². The molecule has 0 fully saturated rings. The van der Waals surface area contributed by atoms with Crippen molar-refractivity contribution in [2.75, 3.05) is 0 Å². The molecule has 0 unspecified atom stereocenters. The quantitative estimate of drug-likeness (QED) is 0.732. The van der Waals surface area contributed by atoms with Crippen molar-refractivity contribution >= 4 is 0 Å². The summed E-state index contributed by atoms with van der Waals surface area (Å²) in [5.41, 5.74) is 1.04. The van der Waals surface area contributed by atoms with E-state index in [0.717, 1.165) is 25.1 Å². The number of hydrogen-bond donors (Lipinski definition) is 0. The number of aryl methyl sites for hydroxylation is 1. The maximum Gasteiger partial charge on any atom is 0.0836 e. The molecule has 1 heterocycles. The lowest BCUT2D eigenvalue weighted by Gasteiger charge is -2.01. The third kappa shape index (κ3) is 6.23. The van der Waals surface area contributed by atoms with Crippen molar-refractivity contribution in [3.8, 4) is 11.8 Å². The van der Waals surface area contributed by atoms with Gasteiger partial charge in [-0.15, -0.1) is 16.9 Å². The van der Waals surface area contributed by atoms with Crippen molar-refractivity contribution < 1.29 is 0 Å². The molecule has 0 N–H and O–H groups in total. The normalized spacial score (nSPS) is 9.12. The van der Waals surface area contributed by atoms with Crippen LogP contribution in [0.15, 0.2) is 6.20 Å². The minimum atomic E-state index is 0.611. The molecule has 16 heavy (non-hydrogen) atoms. The summed E-state index contributed by atoms with van der Waals surface area (Å²) >= 11 is 0. The fourth-order valence-electron chi connectivity index (χ4n) is 1.23. The monoisotopic (exact) mass is 221 g/mol. The Balaban J connectivity index is 0.00000106. The minimum absolute atomic E-state index is 0.611. The molecule has 3 heteroatoms. The van der Waals surface area contributed by atoms with Crippen molar-refractivity contribution in [1.29, 1.82) is 0 Å². The van der Waals surface area contributed by atoms with E-state index < -0.39 is 0 Å². The first-order valence-electron chi connectivity index (χ1n) is 6.01. The molecular formula is C13H23N3. The second-order valence-electron chi connectivity index (χ2n) is 3.75. The van der Waals surface area contributed by atoms with Gasteiger partial charge >= 0.3 is 0 Å². The average molecular weight is 221 g/mol. The van der Waals surface area contributed by atoms with Crippen LogP contribution in [0.4, 0.5) is 0 Å². The lowest BCUT2D eigenvalue weighted by atomic mass is 10.2. The van der Waals surface area contributed by atoms with Gasteiger partial charge in [-0.2, -0.15) is 0 Å². The molecule has 0 aromatic carbocycles. The predicted molar refractivity (Wildman–Crippen MR) is 68.0 cm³/mol. The fourth-order valence-corrected chi connectivity index (χ4v) is 1.23. The Labute approximate surface area is 99.2 Å². The summed E-state index contributed by atoms with van der Waals surface area (Å²) in [6.45, 7) is 11.1. The van der Waals surface area contributed by atoms with Crippen LogP contribution in [0.5, 0.6) is 0 Å². The lowest BCUT2D eigenvalue weighted by Crippen LogP contribution is -2.04. The Morgan fingerprint density at radius 3 is 2.62 bits per heavy atom. The lowest BCUT2D eigenvalue weighted by molar-refractivity contribution is 0.472. The van der Waals surface area contributed by atoms with Crippen LogP contribution in [0.3, 0.4) is 0 Å². The van der Waals surface area contributed by atoms with Gasteiger partial charge in [0.15, 0.2) is 0 Å². The molecule has 0 saturated carbocycles. The van der Waals surface area contributed by atoms with E-state index in [9.17, 15) is 0 Å². The molecule has 1 aromatic heterocycles. The number of aromatic nitrogens is 3. The van der Waals surface area contributed by atoms with Crippen LogP contribution in [0.25, 0.3) is 0 Å². The van der Waals surface area contributed by atoms with Crippen molar-refractivity contribution in [3.05, 3.63) is 11.9 Å². The van der Waals surface area contributed by atoms with Gasteiger partial charge in [-0.25, -0.2) is 0 Å². The number of hydrogen-bond acceptors (Lipinski definition) is 2. The van der Waals surface area contributed by atoms with Crippen LogP contribution >= 0.6 is 0 Å². The third-order valence-corrected chi connectivity index (χ3v) is 1.82. The van der Waals surface area contributed by atoms with Crippen LogP contribution in [0.2, 0.25) is 0 Å². The highest BCUT2D eigenvalue weighted by Crippen LogP contribution is 2.01. The van der Waals surface area contributed by atoms with Gasteiger partial charge < -0.3 is 0 Å². The molecule has 0 bridgehead atoms. The van der Waals surface area contributed by atoms with Crippen molar-refractivity contribution in [2.24, 2.45) is 5.92 Å². The predicted octanol–water partition coefficient (Wildman–Crippen LogP) is 2.92. The van der Waals surface area contributed by atoms with Crippen molar-refractivity contribution in [1.82, 2.24) is 15.0 Å². The first-order chi connectivity index (χ1) is 7.72. The second-order valence-corrected chi connectivity index (χ2v) is 3.75. The fraction of sp³-hybridized carbons (Fsp3) is 0.692. The van der Waals surface area contributed by atoms with Gasteiger partial charge in [0.2, 0.25) is 0 Å².